The van der Waals surface area contributed by atoms with Crippen LogP contribution in [-0.2, 0) is 11.2 Å². The number of aryl methyl sites for hydroxylation is 1. The first-order valence-electron chi connectivity index (χ1n) is 9.09. The van der Waals surface area contributed by atoms with Crippen LogP contribution in [0.2, 0.25) is 0 Å². The number of benzene rings is 1. The first-order chi connectivity index (χ1) is 12.7. The third-order valence-corrected chi connectivity index (χ3v) is 4.52. The van der Waals surface area contributed by atoms with Gasteiger partial charge in [-0.25, -0.2) is 0 Å². The van der Waals surface area contributed by atoms with Crippen molar-refractivity contribution in [1.29, 1.82) is 0 Å². The Kier molecular flexibility index (Phi) is 6.41. The highest BCUT2D eigenvalue weighted by Crippen LogP contribution is 2.19. The second-order valence-electron chi connectivity index (χ2n) is 6.46. The van der Waals surface area contributed by atoms with E-state index in [2.05, 4.69) is 22.1 Å². The summed E-state index contributed by atoms with van der Waals surface area (Å²) in [6.07, 6.45) is 7.27. The van der Waals surface area contributed by atoms with Crippen LogP contribution in [0.5, 0.6) is 11.8 Å². The molecule has 6 nitrogen and oxygen atoms in total. The topological polar surface area (TPSA) is 64.6 Å². The normalized spacial score (nSPS) is 17.0. The van der Waals surface area contributed by atoms with Gasteiger partial charge >= 0.3 is 0 Å². The molecule has 0 saturated carbocycles. The number of carbonyl (C=O) groups is 1. The van der Waals surface area contributed by atoms with Crippen molar-refractivity contribution < 1.29 is 14.3 Å². The number of likely N-dealkylation sites (tertiary alicyclic amines) is 1. The van der Waals surface area contributed by atoms with Crippen molar-refractivity contribution in [3.63, 3.8) is 0 Å². The summed E-state index contributed by atoms with van der Waals surface area (Å²) in [5.74, 6) is 1.06. The van der Waals surface area contributed by atoms with Crippen molar-refractivity contribution >= 4 is 5.91 Å². The molecule has 2 aromatic rings. The molecule has 1 saturated heterocycles. The van der Waals surface area contributed by atoms with E-state index in [1.807, 2.05) is 23.1 Å². The molecule has 26 heavy (non-hydrogen) atoms. The third-order valence-electron chi connectivity index (χ3n) is 4.52. The van der Waals surface area contributed by atoms with Gasteiger partial charge in [0.2, 0.25) is 17.7 Å². The minimum Gasteiger partial charge on any atom is -0.480 e. The Morgan fingerprint density at radius 3 is 2.85 bits per heavy atom. The van der Waals surface area contributed by atoms with Crippen molar-refractivity contribution in [1.82, 2.24) is 14.9 Å². The summed E-state index contributed by atoms with van der Waals surface area (Å²) in [5.41, 5.74) is 1.27. The van der Waals surface area contributed by atoms with E-state index < -0.39 is 0 Å². The zero-order valence-corrected chi connectivity index (χ0v) is 15.1. The molecule has 1 aromatic heterocycles. The maximum Gasteiger partial charge on any atom is 0.235 e. The zero-order chi connectivity index (χ0) is 18.2. The molecule has 6 heteroatoms. The number of aromatic nitrogens is 2. The van der Waals surface area contributed by atoms with E-state index in [1.165, 1.54) is 11.8 Å². The second-order valence-corrected chi connectivity index (χ2v) is 6.46. The molecule has 1 atom stereocenters. The molecule has 0 bridgehead atoms. The van der Waals surface area contributed by atoms with Gasteiger partial charge < -0.3 is 14.4 Å². The molecule has 0 N–H and O–H groups in total. The highest BCUT2D eigenvalue weighted by molar-refractivity contribution is 5.76. The lowest BCUT2D eigenvalue weighted by Gasteiger charge is -2.32. The van der Waals surface area contributed by atoms with Gasteiger partial charge in [0.15, 0.2) is 0 Å². The van der Waals surface area contributed by atoms with Crippen molar-refractivity contribution in [3.8, 4) is 11.8 Å². The monoisotopic (exact) mass is 355 g/mol. The molecule has 0 aliphatic carbocycles. The van der Waals surface area contributed by atoms with Gasteiger partial charge in [-0.3, -0.25) is 9.78 Å². The van der Waals surface area contributed by atoms with Gasteiger partial charge in [-0.15, -0.1) is 0 Å². The van der Waals surface area contributed by atoms with Crippen LogP contribution in [0.4, 0.5) is 0 Å². The Morgan fingerprint density at radius 2 is 2.04 bits per heavy atom. The zero-order valence-electron chi connectivity index (χ0n) is 15.1. The van der Waals surface area contributed by atoms with Crippen LogP contribution in [0.1, 0.15) is 31.2 Å². The minimum absolute atomic E-state index is 0.0526. The van der Waals surface area contributed by atoms with Gasteiger partial charge in [0.1, 0.15) is 6.10 Å². The van der Waals surface area contributed by atoms with Crippen molar-refractivity contribution in [3.05, 3.63) is 48.3 Å². The maximum absolute atomic E-state index is 12.5. The van der Waals surface area contributed by atoms with Gasteiger partial charge in [-0.1, -0.05) is 30.3 Å². The third kappa shape index (κ3) is 5.18. The first kappa shape index (κ1) is 18.2. The molecule has 3 rings (SSSR count). The van der Waals surface area contributed by atoms with E-state index in [9.17, 15) is 4.79 Å². The lowest BCUT2D eigenvalue weighted by Crippen LogP contribution is -2.44. The van der Waals surface area contributed by atoms with Crippen LogP contribution >= 0.6 is 0 Å². The Bertz CT molecular complexity index is 708. The molecule has 0 radical (unpaired) electrons. The fourth-order valence-corrected chi connectivity index (χ4v) is 3.16. The van der Waals surface area contributed by atoms with Gasteiger partial charge in [-0.05, 0) is 31.2 Å². The molecule has 1 aliphatic heterocycles. The molecule has 1 aliphatic rings. The Balaban J connectivity index is 1.47. The quantitative estimate of drug-likeness (QED) is 0.764. The summed E-state index contributed by atoms with van der Waals surface area (Å²) < 4.78 is 11.0. The molecule has 2 heterocycles. The predicted octanol–water partition coefficient (Wildman–Crippen LogP) is 2.88. The van der Waals surface area contributed by atoms with Crippen LogP contribution in [0, 0.1) is 0 Å². The van der Waals surface area contributed by atoms with E-state index in [1.54, 1.807) is 13.3 Å². The fourth-order valence-electron chi connectivity index (χ4n) is 3.16. The van der Waals surface area contributed by atoms with Crippen LogP contribution in [0.15, 0.2) is 42.7 Å². The number of carbonyl (C=O) groups excluding carboxylic acids is 1. The summed E-state index contributed by atoms with van der Waals surface area (Å²) in [5, 5.41) is 0. The van der Waals surface area contributed by atoms with Gasteiger partial charge in [0.05, 0.1) is 26.0 Å². The van der Waals surface area contributed by atoms with Crippen molar-refractivity contribution in [2.75, 3.05) is 20.2 Å². The minimum atomic E-state index is -0.0526. The van der Waals surface area contributed by atoms with E-state index in [4.69, 9.17) is 9.47 Å². The van der Waals surface area contributed by atoms with Crippen molar-refractivity contribution in [2.45, 2.75) is 38.2 Å². The number of nitrogens with zero attached hydrogens (tertiary/aromatic N) is 3. The average molecular weight is 355 g/mol. The Labute approximate surface area is 154 Å². The van der Waals surface area contributed by atoms with Crippen LogP contribution in [-0.4, -0.2) is 47.1 Å². The summed E-state index contributed by atoms with van der Waals surface area (Å²) in [4.78, 5) is 22.7. The number of amides is 1. The molecule has 0 spiro atoms. The maximum atomic E-state index is 12.5. The fraction of sp³-hybridized carbons (Fsp3) is 0.450. The molecule has 1 fully saturated rings. The van der Waals surface area contributed by atoms with Crippen LogP contribution in [0.3, 0.4) is 0 Å². The number of hydrogen-bond donors (Lipinski definition) is 0. The summed E-state index contributed by atoms with van der Waals surface area (Å²) >= 11 is 0. The molecule has 1 unspecified atom stereocenters. The standard InChI is InChI=1S/C20H25N3O3/c1-25-18-13-21-14-19(22-18)26-17-10-6-12-23(15-17)20(24)11-5-9-16-7-3-2-4-8-16/h2-4,7-8,13-14,17H,5-6,9-12,15H2,1H3. The first-order valence-corrected chi connectivity index (χ1v) is 9.09. The number of methoxy groups -OCH3 is 1. The number of ether oxygens (including phenoxy) is 2. The molecular weight excluding hydrogens is 330 g/mol. The highest BCUT2D eigenvalue weighted by Gasteiger charge is 2.25. The number of rotatable bonds is 7. The van der Waals surface area contributed by atoms with Crippen molar-refractivity contribution in [2.24, 2.45) is 0 Å². The number of piperidine rings is 1. The van der Waals surface area contributed by atoms with Gasteiger partial charge in [0, 0.05) is 13.0 Å². The van der Waals surface area contributed by atoms with E-state index in [0.29, 0.717) is 24.7 Å². The van der Waals surface area contributed by atoms with E-state index in [0.717, 1.165) is 32.2 Å². The van der Waals surface area contributed by atoms with Gasteiger partial charge in [-0.2, -0.15) is 4.98 Å². The van der Waals surface area contributed by atoms with Crippen LogP contribution < -0.4 is 9.47 Å². The highest BCUT2D eigenvalue weighted by atomic mass is 16.5. The molecule has 1 aromatic carbocycles. The lowest BCUT2D eigenvalue weighted by atomic mass is 10.1. The second kappa shape index (κ2) is 9.17. The Morgan fingerprint density at radius 1 is 1.23 bits per heavy atom. The molecule has 138 valence electrons. The summed E-state index contributed by atoms with van der Waals surface area (Å²) in [6, 6.07) is 10.3. The average Bonchev–Trinajstić information content (AvgIpc) is 2.69. The molecular formula is C20H25N3O3. The van der Waals surface area contributed by atoms with E-state index >= 15 is 0 Å². The smallest absolute Gasteiger partial charge is 0.235 e. The van der Waals surface area contributed by atoms with Gasteiger partial charge in [0.25, 0.3) is 0 Å². The predicted molar refractivity (Wildman–Crippen MR) is 98.2 cm³/mol. The number of hydrogen-bond acceptors (Lipinski definition) is 5. The Hall–Kier alpha value is -2.63. The van der Waals surface area contributed by atoms with E-state index in [-0.39, 0.29) is 12.0 Å². The summed E-state index contributed by atoms with van der Waals surface area (Å²) in [6.45, 7) is 1.40. The molecule has 1 amide bonds. The largest absolute Gasteiger partial charge is 0.480 e. The van der Waals surface area contributed by atoms with Crippen LogP contribution in [0.25, 0.3) is 0 Å². The summed E-state index contributed by atoms with van der Waals surface area (Å²) in [7, 11) is 1.55. The SMILES string of the molecule is COc1cncc(OC2CCCN(C(=O)CCCc3ccccc3)C2)n1. The lowest BCUT2D eigenvalue weighted by molar-refractivity contribution is -0.133.